The fraction of sp³-hybridized carbons (Fsp3) is 0.846. The highest BCUT2D eigenvalue weighted by Gasteiger charge is 2.30. The van der Waals surface area contributed by atoms with Gasteiger partial charge in [0.05, 0.1) is 12.7 Å². The summed E-state index contributed by atoms with van der Waals surface area (Å²) in [6.45, 7) is 4.39. The highest BCUT2D eigenvalue weighted by molar-refractivity contribution is 7.88. The molecule has 2 N–H and O–H groups in total. The van der Waals surface area contributed by atoms with E-state index in [2.05, 4.69) is 5.32 Å². The van der Waals surface area contributed by atoms with E-state index in [1.807, 2.05) is 13.8 Å². The van der Waals surface area contributed by atoms with Crippen molar-refractivity contribution >= 4 is 21.9 Å². The van der Waals surface area contributed by atoms with E-state index in [-0.39, 0.29) is 24.2 Å². The molecule has 1 fully saturated rings. The minimum absolute atomic E-state index is 0.0289. The summed E-state index contributed by atoms with van der Waals surface area (Å²) in [5.74, 6) is -1.34. The van der Waals surface area contributed by atoms with Crippen LogP contribution >= 0.6 is 0 Å². The van der Waals surface area contributed by atoms with Crippen LogP contribution in [0.4, 0.5) is 0 Å². The first-order valence-electron chi connectivity index (χ1n) is 7.08. The van der Waals surface area contributed by atoms with Crippen LogP contribution in [-0.4, -0.2) is 55.1 Å². The summed E-state index contributed by atoms with van der Waals surface area (Å²) in [7, 11) is -3.20. The molecule has 1 unspecified atom stereocenters. The number of hydrogen-bond acceptors (Lipinski definition) is 4. The molecule has 0 aromatic carbocycles. The number of rotatable bonds is 6. The van der Waals surface area contributed by atoms with Crippen LogP contribution in [-0.2, 0) is 19.6 Å². The van der Waals surface area contributed by atoms with Gasteiger partial charge in [-0.2, -0.15) is 0 Å². The molecule has 8 heteroatoms. The van der Waals surface area contributed by atoms with Crippen molar-refractivity contribution in [3.05, 3.63) is 0 Å². The SMILES string of the molecule is CC(C)C(CC(=O)O)NC(=O)C1CCN(S(C)(=O)=O)CC1. The Morgan fingerprint density at radius 2 is 1.81 bits per heavy atom. The van der Waals surface area contributed by atoms with Crippen molar-refractivity contribution in [3.63, 3.8) is 0 Å². The van der Waals surface area contributed by atoms with Gasteiger partial charge in [-0.1, -0.05) is 13.8 Å². The number of sulfonamides is 1. The van der Waals surface area contributed by atoms with Gasteiger partial charge in [-0.05, 0) is 18.8 Å². The molecule has 1 aliphatic rings. The number of nitrogens with one attached hydrogen (secondary N) is 1. The van der Waals surface area contributed by atoms with Gasteiger partial charge in [-0.25, -0.2) is 12.7 Å². The first-order valence-corrected chi connectivity index (χ1v) is 8.93. The molecule has 122 valence electrons. The van der Waals surface area contributed by atoms with Crippen molar-refractivity contribution in [3.8, 4) is 0 Å². The van der Waals surface area contributed by atoms with Crippen LogP contribution in [0.2, 0.25) is 0 Å². The van der Waals surface area contributed by atoms with E-state index < -0.39 is 22.0 Å². The number of carbonyl (C=O) groups excluding carboxylic acids is 1. The van der Waals surface area contributed by atoms with Crippen LogP contribution < -0.4 is 5.32 Å². The molecule has 0 bridgehead atoms. The molecule has 0 aromatic heterocycles. The Balaban J connectivity index is 2.55. The molecular weight excluding hydrogens is 296 g/mol. The highest BCUT2D eigenvalue weighted by atomic mass is 32.2. The van der Waals surface area contributed by atoms with Crippen LogP contribution in [0.15, 0.2) is 0 Å². The number of carboxylic acid groups (broad SMARTS) is 1. The van der Waals surface area contributed by atoms with Crippen LogP contribution in [0.25, 0.3) is 0 Å². The third kappa shape index (κ3) is 5.62. The Labute approximate surface area is 125 Å². The van der Waals surface area contributed by atoms with Crippen LogP contribution in [0.1, 0.15) is 33.1 Å². The van der Waals surface area contributed by atoms with Gasteiger partial charge in [0.2, 0.25) is 15.9 Å². The quantitative estimate of drug-likeness (QED) is 0.731. The molecule has 1 rings (SSSR count). The second-order valence-corrected chi connectivity index (χ2v) is 7.88. The molecular formula is C13H24N2O5S. The zero-order valence-electron chi connectivity index (χ0n) is 12.7. The maximum Gasteiger partial charge on any atom is 0.305 e. The minimum atomic E-state index is -3.20. The van der Waals surface area contributed by atoms with Gasteiger partial charge in [0.25, 0.3) is 0 Å². The van der Waals surface area contributed by atoms with E-state index >= 15 is 0 Å². The van der Waals surface area contributed by atoms with E-state index in [0.717, 1.165) is 6.26 Å². The molecule has 0 radical (unpaired) electrons. The lowest BCUT2D eigenvalue weighted by atomic mass is 9.95. The topological polar surface area (TPSA) is 104 Å². The number of amides is 1. The molecule has 0 spiro atoms. The molecule has 1 saturated heterocycles. The molecule has 0 saturated carbocycles. The van der Waals surface area contributed by atoms with Crippen molar-refractivity contribution < 1.29 is 23.1 Å². The van der Waals surface area contributed by atoms with Gasteiger partial charge in [0.15, 0.2) is 0 Å². The largest absolute Gasteiger partial charge is 0.481 e. The average Bonchev–Trinajstić information content (AvgIpc) is 2.36. The molecule has 1 atom stereocenters. The van der Waals surface area contributed by atoms with Gasteiger partial charge in [-0.3, -0.25) is 9.59 Å². The Bertz CT molecular complexity index is 481. The maximum atomic E-state index is 12.2. The van der Waals surface area contributed by atoms with Crippen LogP contribution in [0, 0.1) is 11.8 Å². The molecule has 21 heavy (non-hydrogen) atoms. The standard InChI is InChI=1S/C13H24N2O5S/c1-9(2)11(8-12(16)17)14-13(18)10-4-6-15(7-5-10)21(3,19)20/h9-11H,4-8H2,1-3H3,(H,14,18)(H,16,17). The van der Waals surface area contributed by atoms with Crippen molar-refractivity contribution in [2.45, 2.75) is 39.2 Å². The highest BCUT2D eigenvalue weighted by Crippen LogP contribution is 2.20. The summed E-state index contributed by atoms with van der Waals surface area (Å²) in [5.41, 5.74) is 0. The predicted octanol–water partition coefficient (Wildman–Crippen LogP) is 0.274. The van der Waals surface area contributed by atoms with E-state index in [1.165, 1.54) is 4.31 Å². The zero-order valence-corrected chi connectivity index (χ0v) is 13.5. The number of carboxylic acids is 1. The monoisotopic (exact) mass is 320 g/mol. The fourth-order valence-corrected chi connectivity index (χ4v) is 3.27. The third-order valence-corrected chi connectivity index (χ3v) is 5.12. The number of nitrogens with zero attached hydrogens (tertiary/aromatic N) is 1. The minimum Gasteiger partial charge on any atom is -0.481 e. The molecule has 1 heterocycles. The van der Waals surface area contributed by atoms with Crippen molar-refractivity contribution in [2.75, 3.05) is 19.3 Å². The van der Waals surface area contributed by atoms with E-state index in [1.54, 1.807) is 0 Å². The number of carbonyl (C=O) groups is 2. The normalized spacial score (nSPS) is 19.4. The number of hydrogen-bond donors (Lipinski definition) is 2. The van der Waals surface area contributed by atoms with Gasteiger partial charge in [0.1, 0.15) is 0 Å². The smallest absolute Gasteiger partial charge is 0.305 e. The molecule has 1 aliphatic heterocycles. The predicted molar refractivity (Wildman–Crippen MR) is 78.2 cm³/mol. The lowest BCUT2D eigenvalue weighted by Crippen LogP contribution is -2.47. The van der Waals surface area contributed by atoms with Gasteiger partial charge >= 0.3 is 5.97 Å². The summed E-state index contributed by atoms with van der Waals surface area (Å²) >= 11 is 0. The van der Waals surface area contributed by atoms with Crippen LogP contribution in [0.3, 0.4) is 0 Å². The zero-order chi connectivity index (χ0) is 16.2. The first-order chi connectivity index (χ1) is 9.61. The Morgan fingerprint density at radius 1 is 1.29 bits per heavy atom. The second kappa shape index (κ2) is 7.22. The molecule has 0 aliphatic carbocycles. The van der Waals surface area contributed by atoms with Crippen molar-refractivity contribution in [1.82, 2.24) is 9.62 Å². The summed E-state index contributed by atoms with van der Waals surface area (Å²) in [6, 6.07) is -0.400. The summed E-state index contributed by atoms with van der Waals surface area (Å²) in [4.78, 5) is 23.0. The van der Waals surface area contributed by atoms with E-state index in [4.69, 9.17) is 5.11 Å². The Morgan fingerprint density at radius 3 is 2.19 bits per heavy atom. The van der Waals surface area contributed by atoms with Gasteiger partial charge < -0.3 is 10.4 Å². The lowest BCUT2D eigenvalue weighted by Gasteiger charge is -2.31. The van der Waals surface area contributed by atoms with E-state index in [9.17, 15) is 18.0 Å². The van der Waals surface area contributed by atoms with Gasteiger partial charge in [-0.15, -0.1) is 0 Å². The summed E-state index contributed by atoms with van der Waals surface area (Å²) < 4.78 is 24.2. The Hall–Kier alpha value is -1.15. The molecule has 0 aromatic rings. The fourth-order valence-electron chi connectivity index (χ4n) is 2.39. The van der Waals surface area contributed by atoms with Crippen molar-refractivity contribution in [1.29, 1.82) is 0 Å². The third-order valence-electron chi connectivity index (χ3n) is 3.82. The Kier molecular flexibility index (Phi) is 6.15. The maximum absolute atomic E-state index is 12.2. The number of piperidine rings is 1. The molecule has 7 nitrogen and oxygen atoms in total. The van der Waals surface area contributed by atoms with E-state index in [0.29, 0.717) is 25.9 Å². The summed E-state index contributed by atoms with van der Waals surface area (Å²) in [6.07, 6.45) is 1.99. The van der Waals surface area contributed by atoms with Gasteiger partial charge in [0, 0.05) is 25.0 Å². The molecule has 1 amide bonds. The first kappa shape index (κ1) is 17.9. The summed E-state index contributed by atoms with van der Waals surface area (Å²) in [5, 5.41) is 11.6. The number of aliphatic carboxylic acids is 1. The van der Waals surface area contributed by atoms with Crippen LogP contribution in [0.5, 0.6) is 0 Å². The lowest BCUT2D eigenvalue weighted by molar-refractivity contribution is -0.138. The second-order valence-electron chi connectivity index (χ2n) is 5.89. The van der Waals surface area contributed by atoms with Crippen molar-refractivity contribution in [2.24, 2.45) is 11.8 Å². The average molecular weight is 320 g/mol.